The lowest BCUT2D eigenvalue weighted by Gasteiger charge is -2.22. The molecule has 0 saturated heterocycles. The Balaban J connectivity index is 2.17. The van der Waals surface area contributed by atoms with Gasteiger partial charge in [0.2, 0.25) is 0 Å². The fourth-order valence-electron chi connectivity index (χ4n) is 1.76. The summed E-state index contributed by atoms with van der Waals surface area (Å²) in [4.78, 5) is 0. The first-order chi connectivity index (χ1) is 7.45. The first-order valence-corrected chi connectivity index (χ1v) is 4.79. The lowest BCUT2D eigenvalue weighted by Crippen LogP contribution is -2.21. The van der Waals surface area contributed by atoms with Crippen LogP contribution in [0.3, 0.4) is 0 Å². The molecule has 6 heteroatoms. The predicted molar refractivity (Wildman–Crippen MR) is 59.5 cm³/mol. The standard InChI is InChI=1S/C9H10N6/c1-2-8-9(11-4-3-10-8)6-5-12-14-15-13-7(1)6/h1-2,5,10-11H,3-4H2,(H,13,14). The lowest BCUT2D eigenvalue weighted by molar-refractivity contribution is 1.02. The zero-order valence-corrected chi connectivity index (χ0v) is 7.99. The number of anilines is 3. The molecule has 6 nitrogen and oxygen atoms in total. The Morgan fingerprint density at radius 3 is 2.93 bits per heavy atom. The number of hydrogen-bond donors (Lipinski definition) is 3. The molecule has 15 heavy (non-hydrogen) atoms. The van der Waals surface area contributed by atoms with Gasteiger partial charge in [0.1, 0.15) is 0 Å². The molecule has 2 aliphatic heterocycles. The van der Waals surface area contributed by atoms with Crippen molar-refractivity contribution in [3.63, 3.8) is 0 Å². The maximum absolute atomic E-state index is 3.82. The molecule has 2 aliphatic rings. The van der Waals surface area contributed by atoms with E-state index in [1.165, 1.54) is 0 Å². The second-order valence-electron chi connectivity index (χ2n) is 3.35. The van der Waals surface area contributed by atoms with Gasteiger partial charge in [0, 0.05) is 18.7 Å². The summed E-state index contributed by atoms with van der Waals surface area (Å²) in [5, 5.41) is 17.7. The Morgan fingerprint density at radius 1 is 1.07 bits per heavy atom. The van der Waals surface area contributed by atoms with E-state index in [9.17, 15) is 0 Å². The summed E-state index contributed by atoms with van der Waals surface area (Å²) < 4.78 is 0. The van der Waals surface area contributed by atoms with Crippen LogP contribution in [-0.2, 0) is 0 Å². The number of nitrogens with one attached hydrogen (secondary N) is 3. The summed E-state index contributed by atoms with van der Waals surface area (Å²) in [5.41, 5.74) is 6.89. The topological polar surface area (TPSA) is 73.2 Å². The van der Waals surface area contributed by atoms with Crippen LogP contribution >= 0.6 is 0 Å². The average Bonchev–Trinajstić information content (AvgIpc) is 2.54. The maximum atomic E-state index is 3.82. The molecular weight excluding hydrogens is 192 g/mol. The van der Waals surface area contributed by atoms with Crippen molar-refractivity contribution < 1.29 is 0 Å². The Labute approximate surface area is 86.4 Å². The summed E-state index contributed by atoms with van der Waals surface area (Å²) in [6, 6.07) is 3.98. The number of benzene rings is 1. The highest BCUT2D eigenvalue weighted by Crippen LogP contribution is 2.33. The molecule has 3 rings (SSSR count). The van der Waals surface area contributed by atoms with Gasteiger partial charge in [-0.1, -0.05) is 0 Å². The van der Waals surface area contributed by atoms with Gasteiger partial charge in [-0.25, -0.2) is 0 Å². The summed E-state index contributed by atoms with van der Waals surface area (Å²) in [6.45, 7) is 1.84. The quantitative estimate of drug-likeness (QED) is 0.599. The van der Waals surface area contributed by atoms with Gasteiger partial charge in [-0.05, 0) is 22.6 Å². The largest absolute Gasteiger partial charge is 0.382 e. The van der Waals surface area contributed by atoms with Crippen molar-refractivity contribution in [3.8, 4) is 0 Å². The number of fused-ring (bicyclic) bond motifs is 3. The molecule has 0 amide bonds. The van der Waals surface area contributed by atoms with Crippen LogP contribution in [0.2, 0.25) is 0 Å². The van der Waals surface area contributed by atoms with E-state index in [0.29, 0.717) is 0 Å². The highest BCUT2D eigenvalue weighted by Gasteiger charge is 2.15. The minimum absolute atomic E-state index is 0.908. The van der Waals surface area contributed by atoms with Crippen molar-refractivity contribution in [2.45, 2.75) is 0 Å². The average molecular weight is 202 g/mol. The first kappa shape index (κ1) is 8.22. The van der Waals surface area contributed by atoms with E-state index in [-0.39, 0.29) is 0 Å². The number of nitrogens with zero attached hydrogens (tertiary/aromatic N) is 3. The minimum atomic E-state index is 0.908. The van der Waals surface area contributed by atoms with E-state index >= 15 is 0 Å². The van der Waals surface area contributed by atoms with Crippen molar-refractivity contribution in [2.24, 2.45) is 15.5 Å². The summed E-state index contributed by atoms with van der Waals surface area (Å²) in [5.74, 6) is 0. The summed E-state index contributed by atoms with van der Waals surface area (Å²) in [7, 11) is 0. The molecule has 3 N–H and O–H groups in total. The molecule has 1 aromatic rings. The second-order valence-corrected chi connectivity index (χ2v) is 3.35. The molecule has 1 aromatic carbocycles. The van der Waals surface area contributed by atoms with Crippen LogP contribution in [0.4, 0.5) is 17.1 Å². The van der Waals surface area contributed by atoms with Crippen LogP contribution in [0, 0.1) is 0 Å². The van der Waals surface area contributed by atoms with Crippen LogP contribution in [-0.4, -0.2) is 19.3 Å². The van der Waals surface area contributed by atoms with Crippen molar-refractivity contribution in [3.05, 3.63) is 17.7 Å². The second kappa shape index (κ2) is 3.23. The van der Waals surface area contributed by atoms with Crippen LogP contribution < -0.4 is 16.1 Å². The SMILES string of the molecule is C1=NN=NNc2ccc3c(c21)NCCN3. The Morgan fingerprint density at radius 2 is 1.93 bits per heavy atom. The Hall–Kier alpha value is -2.11. The molecule has 0 aliphatic carbocycles. The molecule has 0 bridgehead atoms. The first-order valence-electron chi connectivity index (χ1n) is 4.79. The van der Waals surface area contributed by atoms with Gasteiger partial charge in [-0.2, -0.15) is 0 Å². The van der Waals surface area contributed by atoms with Crippen molar-refractivity contribution >= 4 is 23.3 Å². The fraction of sp³-hybridized carbons (Fsp3) is 0.222. The fourth-order valence-corrected chi connectivity index (χ4v) is 1.76. The molecule has 76 valence electrons. The minimum Gasteiger partial charge on any atom is -0.382 e. The van der Waals surface area contributed by atoms with Crippen molar-refractivity contribution in [1.82, 2.24) is 0 Å². The van der Waals surface area contributed by atoms with Crippen molar-refractivity contribution in [1.29, 1.82) is 0 Å². The zero-order chi connectivity index (χ0) is 10.1. The van der Waals surface area contributed by atoms with Gasteiger partial charge >= 0.3 is 0 Å². The zero-order valence-electron chi connectivity index (χ0n) is 7.99. The van der Waals surface area contributed by atoms with Crippen LogP contribution in [0.25, 0.3) is 0 Å². The van der Waals surface area contributed by atoms with E-state index in [1.54, 1.807) is 6.21 Å². The van der Waals surface area contributed by atoms with Gasteiger partial charge in [0.05, 0.1) is 23.3 Å². The van der Waals surface area contributed by atoms with Crippen LogP contribution in [0.1, 0.15) is 5.56 Å². The Kier molecular flexibility index (Phi) is 1.77. The molecule has 0 atom stereocenters. The smallest absolute Gasteiger partial charge is 0.0690 e. The monoisotopic (exact) mass is 202 g/mol. The van der Waals surface area contributed by atoms with Crippen molar-refractivity contribution in [2.75, 3.05) is 29.1 Å². The van der Waals surface area contributed by atoms with Crippen LogP contribution in [0.5, 0.6) is 0 Å². The molecule has 0 unspecified atom stereocenters. The number of hydrogen-bond acceptors (Lipinski definition) is 6. The third-order valence-electron chi connectivity index (χ3n) is 2.44. The van der Waals surface area contributed by atoms with Crippen LogP contribution in [0.15, 0.2) is 27.7 Å². The molecular formula is C9H10N6. The molecule has 0 saturated carbocycles. The lowest BCUT2D eigenvalue weighted by atomic mass is 10.1. The Bertz CT molecular complexity index is 450. The molecule has 0 radical (unpaired) electrons. The molecule has 0 aromatic heterocycles. The third kappa shape index (κ3) is 1.30. The van der Waals surface area contributed by atoms with E-state index in [4.69, 9.17) is 0 Å². The highest BCUT2D eigenvalue weighted by molar-refractivity contribution is 5.99. The highest BCUT2D eigenvalue weighted by atomic mass is 15.5. The maximum Gasteiger partial charge on any atom is 0.0690 e. The van der Waals surface area contributed by atoms with Gasteiger partial charge in [-0.15, -0.1) is 5.10 Å². The predicted octanol–water partition coefficient (Wildman–Crippen LogP) is 1.65. The van der Waals surface area contributed by atoms with Gasteiger partial charge < -0.3 is 10.6 Å². The normalized spacial score (nSPS) is 16.5. The summed E-state index contributed by atoms with van der Waals surface area (Å²) in [6.07, 6.45) is 1.71. The molecule has 0 spiro atoms. The number of rotatable bonds is 0. The summed E-state index contributed by atoms with van der Waals surface area (Å²) >= 11 is 0. The van der Waals surface area contributed by atoms with E-state index in [1.807, 2.05) is 12.1 Å². The third-order valence-corrected chi connectivity index (χ3v) is 2.44. The van der Waals surface area contributed by atoms with E-state index in [2.05, 4.69) is 31.6 Å². The molecule has 0 fully saturated rings. The van der Waals surface area contributed by atoms with Gasteiger partial charge in [-0.3, -0.25) is 5.43 Å². The van der Waals surface area contributed by atoms with Gasteiger partial charge in [0.15, 0.2) is 0 Å². The molecule has 2 heterocycles. The van der Waals surface area contributed by atoms with E-state index < -0.39 is 0 Å². The van der Waals surface area contributed by atoms with E-state index in [0.717, 1.165) is 35.7 Å². The van der Waals surface area contributed by atoms with Gasteiger partial charge in [0.25, 0.3) is 0 Å².